The van der Waals surface area contributed by atoms with Crippen LogP contribution in [0.4, 0.5) is 5.69 Å². The average molecular weight is 232 g/mol. The van der Waals surface area contributed by atoms with Crippen molar-refractivity contribution in [2.24, 2.45) is 0 Å². The quantitative estimate of drug-likeness (QED) is 0.565. The van der Waals surface area contributed by atoms with Crippen molar-refractivity contribution in [1.82, 2.24) is 14.5 Å². The van der Waals surface area contributed by atoms with Gasteiger partial charge < -0.3 is 0 Å². The van der Waals surface area contributed by atoms with Gasteiger partial charge in [-0.2, -0.15) is 0 Å². The van der Waals surface area contributed by atoms with Gasteiger partial charge in [0.15, 0.2) is 0 Å². The summed E-state index contributed by atoms with van der Waals surface area (Å²) in [5.74, 6) is 0.325. The first-order chi connectivity index (χ1) is 8.08. The van der Waals surface area contributed by atoms with Gasteiger partial charge in [0.25, 0.3) is 11.2 Å². The van der Waals surface area contributed by atoms with Gasteiger partial charge in [0.2, 0.25) is 0 Å². The first-order valence-electron chi connectivity index (χ1n) is 4.74. The molecule has 0 N–H and O–H groups in total. The summed E-state index contributed by atoms with van der Waals surface area (Å²) in [5.41, 5.74) is 0.203. The van der Waals surface area contributed by atoms with E-state index in [1.165, 1.54) is 29.1 Å². The highest BCUT2D eigenvalue weighted by Gasteiger charge is 2.07. The van der Waals surface area contributed by atoms with Crippen molar-refractivity contribution in [3.63, 3.8) is 0 Å². The Hall–Kier alpha value is -2.57. The van der Waals surface area contributed by atoms with Gasteiger partial charge in [0, 0.05) is 12.3 Å². The second-order valence-electron chi connectivity index (χ2n) is 3.37. The van der Waals surface area contributed by atoms with E-state index in [0.717, 1.165) is 6.20 Å². The molecule has 0 atom stereocenters. The molecule has 0 aliphatic carbocycles. The largest absolute Gasteiger partial charge is 0.287 e. The van der Waals surface area contributed by atoms with Crippen molar-refractivity contribution >= 4 is 5.69 Å². The molecular weight excluding hydrogens is 224 g/mol. The lowest BCUT2D eigenvalue weighted by Gasteiger charge is -2.03. The lowest BCUT2D eigenvalue weighted by molar-refractivity contribution is -0.385. The van der Waals surface area contributed by atoms with E-state index in [9.17, 15) is 14.9 Å². The molecule has 0 fully saturated rings. The summed E-state index contributed by atoms with van der Waals surface area (Å²) in [7, 11) is 0. The van der Waals surface area contributed by atoms with Crippen LogP contribution < -0.4 is 5.56 Å². The molecule has 0 aliphatic rings. The van der Waals surface area contributed by atoms with E-state index in [1.54, 1.807) is 6.92 Å². The van der Waals surface area contributed by atoms with E-state index in [4.69, 9.17) is 0 Å². The van der Waals surface area contributed by atoms with E-state index in [1.807, 2.05) is 0 Å². The molecule has 0 bridgehead atoms. The molecule has 86 valence electrons. The highest BCUT2D eigenvalue weighted by Crippen LogP contribution is 2.10. The fourth-order valence-electron chi connectivity index (χ4n) is 1.31. The molecule has 2 rings (SSSR count). The van der Waals surface area contributed by atoms with Gasteiger partial charge >= 0.3 is 0 Å². The Balaban J connectivity index is 2.50. The molecule has 2 aromatic heterocycles. The number of pyridine rings is 1. The Labute approximate surface area is 95.5 Å². The molecule has 0 saturated carbocycles. The van der Waals surface area contributed by atoms with Crippen LogP contribution in [0, 0.1) is 17.0 Å². The first kappa shape index (κ1) is 10.9. The summed E-state index contributed by atoms with van der Waals surface area (Å²) in [6.45, 7) is 1.74. The maximum atomic E-state index is 11.5. The van der Waals surface area contributed by atoms with Crippen molar-refractivity contribution in [1.29, 1.82) is 0 Å². The van der Waals surface area contributed by atoms with Gasteiger partial charge in [-0.1, -0.05) is 0 Å². The van der Waals surface area contributed by atoms with Crippen molar-refractivity contribution < 1.29 is 4.92 Å². The normalized spacial score (nSPS) is 10.2. The standard InChI is InChI=1S/C10H8N4O3/c1-7-6-13(10(15)5-11-7)9-3-2-8(4-12-9)14(16)17/h2-6H,1H3. The van der Waals surface area contributed by atoms with Crippen LogP contribution in [0.5, 0.6) is 0 Å². The fourth-order valence-corrected chi connectivity index (χ4v) is 1.31. The minimum atomic E-state index is -0.544. The van der Waals surface area contributed by atoms with Crippen LogP contribution in [-0.4, -0.2) is 19.5 Å². The molecular formula is C10H8N4O3. The summed E-state index contributed by atoms with van der Waals surface area (Å²) in [6.07, 6.45) is 3.81. The average Bonchev–Trinajstić information content (AvgIpc) is 2.32. The zero-order valence-electron chi connectivity index (χ0n) is 8.90. The van der Waals surface area contributed by atoms with Gasteiger partial charge in [0.05, 0.1) is 16.8 Å². The molecule has 7 heteroatoms. The zero-order chi connectivity index (χ0) is 12.4. The highest BCUT2D eigenvalue weighted by atomic mass is 16.6. The fraction of sp³-hybridized carbons (Fsp3) is 0.100. The van der Waals surface area contributed by atoms with Crippen molar-refractivity contribution in [3.05, 3.63) is 56.9 Å². The third kappa shape index (κ3) is 2.17. The minimum absolute atomic E-state index is 0.118. The summed E-state index contributed by atoms with van der Waals surface area (Å²) in [4.78, 5) is 29.1. The second kappa shape index (κ2) is 4.12. The Morgan fingerprint density at radius 2 is 2.06 bits per heavy atom. The number of aryl methyl sites for hydroxylation is 1. The molecule has 0 aliphatic heterocycles. The van der Waals surface area contributed by atoms with Crippen molar-refractivity contribution in [3.8, 4) is 5.82 Å². The van der Waals surface area contributed by atoms with E-state index >= 15 is 0 Å². The molecule has 2 aromatic rings. The molecule has 0 aromatic carbocycles. The number of nitro groups is 1. The van der Waals surface area contributed by atoms with E-state index < -0.39 is 4.92 Å². The van der Waals surface area contributed by atoms with E-state index in [-0.39, 0.29) is 11.2 Å². The van der Waals surface area contributed by atoms with Gasteiger partial charge in [-0.3, -0.25) is 24.5 Å². The molecule has 2 heterocycles. The molecule has 7 nitrogen and oxygen atoms in total. The highest BCUT2D eigenvalue weighted by molar-refractivity contribution is 5.33. The molecule has 0 spiro atoms. The molecule has 17 heavy (non-hydrogen) atoms. The van der Waals surface area contributed by atoms with Crippen LogP contribution >= 0.6 is 0 Å². The zero-order valence-corrected chi connectivity index (χ0v) is 8.90. The van der Waals surface area contributed by atoms with Gasteiger partial charge in [-0.05, 0) is 13.0 Å². The summed E-state index contributed by atoms with van der Waals surface area (Å²) < 4.78 is 1.28. The number of hydrogen-bond donors (Lipinski definition) is 0. The lowest BCUT2D eigenvalue weighted by Crippen LogP contribution is -2.19. The number of hydrogen-bond acceptors (Lipinski definition) is 5. The maximum absolute atomic E-state index is 11.5. The van der Waals surface area contributed by atoms with Gasteiger partial charge in [-0.25, -0.2) is 4.98 Å². The lowest BCUT2D eigenvalue weighted by atomic mass is 10.4. The molecule has 0 amide bonds. The minimum Gasteiger partial charge on any atom is -0.267 e. The first-order valence-corrected chi connectivity index (χ1v) is 4.74. The SMILES string of the molecule is Cc1cn(-c2ccc([N+](=O)[O-])cn2)c(=O)cn1. The number of nitrogens with zero attached hydrogens (tertiary/aromatic N) is 4. The Morgan fingerprint density at radius 3 is 2.65 bits per heavy atom. The summed E-state index contributed by atoms with van der Waals surface area (Å²) in [6, 6.07) is 2.71. The van der Waals surface area contributed by atoms with Crippen LogP contribution in [-0.2, 0) is 0 Å². The van der Waals surface area contributed by atoms with Gasteiger partial charge in [-0.15, -0.1) is 0 Å². The molecule has 0 saturated heterocycles. The third-order valence-electron chi connectivity index (χ3n) is 2.12. The monoisotopic (exact) mass is 232 g/mol. The Morgan fingerprint density at radius 1 is 1.29 bits per heavy atom. The molecule has 0 unspecified atom stereocenters. The van der Waals surface area contributed by atoms with Gasteiger partial charge in [0.1, 0.15) is 12.0 Å². The van der Waals surface area contributed by atoms with Crippen LogP contribution in [0.1, 0.15) is 5.69 Å². The second-order valence-corrected chi connectivity index (χ2v) is 3.37. The van der Waals surface area contributed by atoms with Crippen LogP contribution in [0.3, 0.4) is 0 Å². The molecule has 0 radical (unpaired) electrons. The van der Waals surface area contributed by atoms with E-state index in [2.05, 4.69) is 9.97 Å². The summed E-state index contributed by atoms with van der Waals surface area (Å²) >= 11 is 0. The van der Waals surface area contributed by atoms with Crippen molar-refractivity contribution in [2.75, 3.05) is 0 Å². The topological polar surface area (TPSA) is 90.9 Å². The third-order valence-corrected chi connectivity index (χ3v) is 2.12. The summed E-state index contributed by atoms with van der Waals surface area (Å²) in [5, 5.41) is 10.5. The maximum Gasteiger partial charge on any atom is 0.287 e. The Kier molecular flexibility index (Phi) is 2.65. The number of rotatable bonds is 2. The van der Waals surface area contributed by atoms with Crippen LogP contribution in [0.2, 0.25) is 0 Å². The van der Waals surface area contributed by atoms with E-state index in [0.29, 0.717) is 11.5 Å². The van der Waals surface area contributed by atoms with Crippen LogP contribution in [0.15, 0.2) is 35.5 Å². The van der Waals surface area contributed by atoms with Crippen molar-refractivity contribution in [2.45, 2.75) is 6.92 Å². The smallest absolute Gasteiger partial charge is 0.267 e. The predicted molar refractivity (Wildman–Crippen MR) is 59.0 cm³/mol. The Bertz CT molecular complexity index is 618. The predicted octanol–water partition coefficient (Wildman–Crippen LogP) is 0.844. The van der Waals surface area contributed by atoms with Crippen LogP contribution in [0.25, 0.3) is 5.82 Å². The number of aromatic nitrogens is 3.